The van der Waals surface area contributed by atoms with Crippen LogP contribution < -0.4 is 5.73 Å². The molecule has 0 aliphatic heterocycles. The number of phenols is 1. The molecule has 1 aromatic carbocycles. The Hall–Kier alpha value is -2.33. The second-order valence-corrected chi connectivity index (χ2v) is 4.19. The summed E-state index contributed by atoms with van der Waals surface area (Å²) >= 11 is 0. The molecule has 4 heteroatoms. The fraction of sp³-hybridized carbons (Fsp3) is 0.0714. The molecule has 0 saturated heterocycles. The summed E-state index contributed by atoms with van der Waals surface area (Å²) in [5, 5.41) is 10.5. The molecule has 4 nitrogen and oxygen atoms in total. The van der Waals surface area contributed by atoms with Gasteiger partial charge in [0.1, 0.15) is 5.75 Å². The number of H-pyrrole nitrogens is 1. The zero-order valence-corrected chi connectivity index (χ0v) is 9.72. The Morgan fingerprint density at radius 2 is 2.11 bits per heavy atom. The van der Waals surface area contributed by atoms with Crippen LogP contribution in [0.1, 0.15) is 5.56 Å². The molecule has 2 aromatic heterocycles. The van der Waals surface area contributed by atoms with E-state index < -0.39 is 0 Å². The Morgan fingerprint density at radius 1 is 1.22 bits per heavy atom. The Bertz CT molecular complexity index is 703. The number of aromatic hydroxyl groups is 1. The minimum Gasteiger partial charge on any atom is -0.508 e. The number of nitrogens with zero attached hydrogens (tertiary/aromatic N) is 1. The number of fused-ring (bicyclic) bond motifs is 1. The zero-order valence-electron chi connectivity index (χ0n) is 9.72. The zero-order chi connectivity index (χ0) is 12.5. The molecule has 18 heavy (non-hydrogen) atoms. The highest BCUT2D eigenvalue weighted by molar-refractivity contribution is 5.95. The third-order valence-corrected chi connectivity index (χ3v) is 3.00. The molecule has 90 valence electrons. The predicted molar refractivity (Wildman–Crippen MR) is 71.1 cm³/mol. The van der Waals surface area contributed by atoms with Crippen LogP contribution in [0.2, 0.25) is 0 Å². The first-order valence-electron chi connectivity index (χ1n) is 5.73. The minimum atomic E-state index is 0.248. The molecule has 0 bridgehead atoms. The molecule has 0 amide bonds. The van der Waals surface area contributed by atoms with Gasteiger partial charge in [0, 0.05) is 35.4 Å². The monoisotopic (exact) mass is 239 g/mol. The number of pyridine rings is 1. The van der Waals surface area contributed by atoms with E-state index in [0.717, 1.165) is 27.7 Å². The highest BCUT2D eigenvalue weighted by Gasteiger charge is 2.08. The number of nitrogens with two attached hydrogens (primary N) is 1. The van der Waals surface area contributed by atoms with E-state index in [9.17, 15) is 5.11 Å². The Morgan fingerprint density at radius 3 is 2.94 bits per heavy atom. The van der Waals surface area contributed by atoms with Crippen LogP contribution in [0, 0.1) is 0 Å². The van der Waals surface area contributed by atoms with Crippen LogP contribution in [-0.4, -0.2) is 15.1 Å². The number of aromatic amines is 1. The quantitative estimate of drug-likeness (QED) is 0.642. The number of phenolic OH excluding ortho intramolecular Hbond substituents is 1. The van der Waals surface area contributed by atoms with Crippen LogP contribution in [0.15, 0.2) is 42.7 Å². The Balaban J connectivity index is 2.21. The van der Waals surface area contributed by atoms with Crippen molar-refractivity contribution in [3.63, 3.8) is 0 Å². The van der Waals surface area contributed by atoms with Gasteiger partial charge in [0.05, 0.1) is 5.69 Å². The largest absolute Gasteiger partial charge is 0.508 e. The second kappa shape index (κ2) is 4.16. The highest BCUT2D eigenvalue weighted by atomic mass is 16.3. The van der Waals surface area contributed by atoms with Crippen LogP contribution in [0.3, 0.4) is 0 Å². The van der Waals surface area contributed by atoms with Crippen molar-refractivity contribution in [1.29, 1.82) is 0 Å². The lowest BCUT2D eigenvalue weighted by atomic mass is 10.1. The summed E-state index contributed by atoms with van der Waals surface area (Å²) in [6, 6.07) is 9.10. The average Bonchev–Trinajstić information content (AvgIpc) is 2.81. The van der Waals surface area contributed by atoms with Gasteiger partial charge >= 0.3 is 0 Å². The van der Waals surface area contributed by atoms with Gasteiger partial charge in [0.25, 0.3) is 0 Å². The number of benzene rings is 1. The van der Waals surface area contributed by atoms with E-state index in [1.54, 1.807) is 18.3 Å². The fourth-order valence-corrected chi connectivity index (χ4v) is 2.07. The number of hydrogen-bond acceptors (Lipinski definition) is 3. The SMILES string of the molecule is NCc1ccnc(-c2c[nH]c3ccc(O)cc23)c1. The Labute approximate surface area is 104 Å². The maximum atomic E-state index is 9.57. The van der Waals surface area contributed by atoms with Crippen LogP contribution in [0.5, 0.6) is 5.75 Å². The lowest BCUT2D eigenvalue weighted by Gasteiger charge is -2.02. The summed E-state index contributed by atoms with van der Waals surface area (Å²) in [6.45, 7) is 0.489. The van der Waals surface area contributed by atoms with Crippen LogP contribution >= 0.6 is 0 Å². The van der Waals surface area contributed by atoms with Gasteiger partial charge in [0.15, 0.2) is 0 Å². The Kier molecular flexibility index (Phi) is 2.50. The number of rotatable bonds is 2. The third-order valence-electron chi connectivity index (χ3n) is 3.00. The summed E-state index contributed by atoms with van der Waals surface area (Å²) in [7, 11) is 0. The summed E-state index contributed by atoms with van der Waals surface area (Å²) in [5.41, 5.74) is 9.47. The summed E-state index contributed by atoms with van der Waals surface area (Å²) in [6.07, 6.45) is 3.64. The second-order valence-electron chi connectivity index (χ2n) is 4.19. The molecule has 0 spiro atoms. The molecular weight excluding hydrogens is 226 g/mol. The van der Waals surface area contributed by atoms with Gasteiger partial charge in [-0.1, -0.05) is 0 Å². The first kappa shape index (κ1) is 10.8. The molecule has 0 unspecified atom stereocenters. The number of aromatic nitrogens is 2. The minimum absolute atomic E-state index is 0.248. The summed E-state index contributed by atoms with van der Waals surface area (Å²) in [4.78, 5) is 7.52. The molecule has 4 N–H and O–H groups in total. The van der Waals surface area contributed by atoms with Gasteiger partial charge in [0.2, 0.25) is 0 Å². The van der Waals surface area contributed by atoms with E-state index in [1.807, 2.05) is 24.4 Å². The lowest BCUT2D eigenvalue weighted by molar-refractivity contribution is 0.476. The molecule has 3 aromatic rings. The first-order valence-corrected chi connectivity index (χ1v) is 5.73. The van der Waals surface area contributed by atoms with Gasteiger partial charge in [-0.25, -0.2) is 0 Å². The van der Waals surface area contributed by atoms with Crippen molar-refractivity contribution >= 4 is 10.9 Å². The van der Waals surface area contributed by atoms with Crippen molar-refractivity contribution in [2.45, 2.75) is 6.54 Å². The van der Waals surface area contributed by atoms with Gasteiger partial charge in [-0.15, -0.1) is 0 Å². The van der Waals surface area contributed by atoms with Crippen molar-refractivity contribution in [3.8, 4) is 17.0 Å². The van der Waals surface area contributed by atoms with Gasteiger partial charge in [-0.05, 0) is 35.9 Å². The highest BCUT2D eigenvalue weighted by Crippen LogP contribution is 2.29. The van der Waals surface area contributed by atoms with Gasteiger partial charge < -0.3 is 15.8 Å². The fourth-order valence-electron chi connectivity index (χ4n) is 2.07. The molecule has 0 aliphatic carbocycles. The molecule has 0 fully saturated rings. The molecule has 0 atom stereocenters. The average molecular weight is 239 g/mol. The molecule has 0 aliphatic rings. The molecule has 0 radical (unpaired) electrons. The third kappa shape index (κ3) is 1.72. The van der Waals surface area contributed by atoms with Gasteiger partial charge in [-0.2, -0.15) is 0 Å². The first-order chi connectivity index (χ1) is 8.78. The summed E-state index contributed by atoms with van der Waals surface area (Å²) < 4.78 is 0. The molecule has 3 rings (SSSR count). The van der Waals surface area contributed by atoms with E-state index in [4.69, 9.17) is 5.73 Å². The topological polar surface area (TPSA) is 74.9 Å². The maximum Gasteiger partial charge on any atom is 0.116 e. The van der Waals surface area contributed by atoms with Crippen LogP contribution in [-0.2, 0) is 6.54 Å². The van der Waals surface area contributed by atoms with Crippen molar-refractivity contribution in [2.75, 3.05) is 0 Å². The standard InChI is InChI=1S/C14H13N3O/c15-7-9-3-4-16-14(5-9)12-8-17-13-2-1-10(18)6-11(12)13/h1-6,8,17-18H,7,15H2. The molecule has 0 saturated carbocycles. The van der Waals surface area contributed by atoms with Gasteiger partial charge in [-0.3, -0.25) is 4.98 Å². The van der Waals surface area contributed by atoms with Crippen molar-refractivity contribution in [3.05, 3.63) is 48.3 Å². The smallest absolute Gasteiger partial charge is 0.116 e. The van der Waals surface area contributed by atoms with Crippen molar-refractivity contribution in [2.24, 2.45) is 5.73 Å². The van der Waals surface area contributed by atoms with E-state index in [2.05, 4.69) is 9.97 Å². The van der Waals surface area contributed by atoms with E-state index in [1.165, 1.54) is 0 Å². The predicted octanol–water partition coefficient (Wildman–Crippen LogP) is 2.39. The maximum absolute atomic E-state index is 9.57. The normalized spacial score (nSPS) is 10.9. The number of nitrogens with one attached hydrogen (secondary N) is 1. The lowest BCUT2D eigenvalue weighted by Crippen LogP contribution is -1.96. The van der Waals surface area contributed by atoms with E-state index in [0.29, 0.717) is 6.54 Å². The molecular formula is C14H13N3O. The van der Waals surface area contributed by atoms with E-state index >= 15 is 0 Å². The van der Waals surface area contributed by atoms with E-state index in [-0.39, 0.29) is 5.75 Å². The molecule has 2 heterocycles. The number of hydrogen-bond donors (Lipinski definition) is 3. The summed E-state index contributed by atoms with van der Waals surface area (Å²) in [5.74, 6) is 0.248. The van der Waals surface area contributed by atoms with Crippen molar-refractivity contribution < 1.29 is 5.11 Å². The van der Waals surface area contributed by atoms with Crippen LogP contribution in [0.25, 0.3) is 22.2 Å². The van der Waals surface area contributed by atoms with Crippen LogP contribution in [0.4, 0.5) is 0 Å². The van der Waals surface area contributed by atoms with Crippen molar-refractivity contribution in [1.82, 2.24) is 9.97 Å².